The van der Waals surface area contributed by atoms with Crippen molar-refractivity contribution in [1.29, 1.82) is 0 Å². The predicted molar refractivity (Wildman–Crippen MR) is 471 cm³/mol. The number of furan rings is 3. The molecule has 6 heteroatoms. The van der Waals surface area contributed by atoms with E-state index in [1.165, 1.54) is 32.7 Å². The monoisotopic (exact) mass is 1430 g/mol. The van der Waals surface area contributed by atoms with Gasteiger partial charge >= 0.3 is 0 Å². The van der Waals surface area contributed by atoms with Gasteiger partial charge in [-0.05, 0) is 130 Å². The van der Waals surface area contributed by atoms with Crippen molar-refractivity contribution < 1.29 is 13.3 Å². The molecule has 0 atom stereocenters. The molecule has 0 fully saturated rings. The maximum Gasteiger partial charge on any atom is 0.143 e. The summed E-state index contributed by atoms with van der Waals surface area (Å²) in [6.07, 6.45) is 0. The van der Waals surface area contributed by atoms with E-state index in [4.69, 9.17) is 13.3 Å². The van der Waals surface area contributed by atoms with Crippen LogP contribution in [0.5, 0.6) is 0 Å². The van der Waals surface area contributed by atoms with Crippen molar-refractivity contribution >= 4 is 160 Å². The Kier molecular flexibility index (Phi) is 16.1. The first-order valence-electron chi connectivity index (χ1n) is 38.1. The Balaban J connectivity index is 0.000000151. The number of hydrogen-bond donors (Lipinski definition) is 0. The van der Waals surface area contributed by atoms with Crippen molar-refractivity contribution in [2.45, 2.75) is 0 Å². The normalized spacial score (nSPS) is 11.6. The molecule has 0 aliphatic heterocycles. The molecule has 3 aromatic heterocycles. The van der Waals surface area contributed by atoms with Crippen LogP contribution in [0.15, 0.2) is 432 Å². The molecule has 112 heavy (non-hydrogen) atoms. The van der Waals surface area contributed by atoms with Gasteiger partial charge in [-0.1, -0.05) is 328 Å². The summed E-state index contributed by atoms with van der Waals surface area (Å²) in [5.41, 5.74) is 24.1. The lowest BCUT2D eigenvalue weighted by Gasteiger charge is -2.33. The lowest BCUT2D eigenvalue weighted by molar-refractivity contribution is 0.669. The third-order valence-electron chi connectivity index (χ3n) is 22.0. The number of hydrogen-bond acceptors (Lipinski definition) is 6. The summed E-state index contributed by atoms with van der Waals surface area (Å²) in [6.45, 7) is 0. The Morgan fingerprint density at radius 1 is 0.152 bits per heavy atom. The van der Waals surface area contributed by atoms with Crippen LogP contribution in [0.2, 0.25) is 0 Å². The van der Waals surface area contributed by atoms with Gasteiger partial charge < -0.3 is 28.0 Å². The second kappa shape index (κ2) is 27.7. The van der Waals surface area contributed by atoms with Crippen LogP contribution >= 0.6 is 0 Å². The van der Waals surface area contributed by atoms with E-state index in [0.29, 0.717) is 0 Å². The highest BCUT2D eigenvalue weighted by atomic mass is 16.3. The van der Waals surface area contributed by atoms with E-state index < -0.39 is 0 Å². The van der Waals surface area contributed by atoms with E-state index in [2.05, 4.69) is 397 Å². The number of fused-ring (bicyclic) bond motifs is 13. The maximum absolute atomic E-state index is 6.57. The molecule has 0 unspecified atom stereocenters. The Hall–Kier alpha value is -15.0. The van der Waals surface area contributed by atoms with Gasteiger partial charge in [-0.25, -0.2) is 0 Å². The van der Waals surface area contributed by atoms with Crippen molar-refractivity contribution in [1.82, 2.24) is 0 Å². The molecule has 6 nitrogen and oxygen atoms in total. The van der Waals surface area contributed by atoms with Gasteiger partial charge in [-0.2, -0.15) is 0 Å². The molecule has 0 aliphatic carbocycles. The minimum Gasteiger partial charge on any atom is -0.455 e. The van der Waals surface area contributed by atoms with Gasteiger partial charge in [-0.3, -0.25) is 0 Å². The fraction of sp³-hybridized carbons (Fsp3) is 0. The van der Waals surface area contributed by atoms with E-state index in [1.54, 1.807) is 0 Å². The Labute approximate surface area is 647 Å². The first-order chi connectivity index (χ1) is 55.6. The van der Waals surface area contributed by atoms with Gasteiger partial charge in [-0.15, -0.1) is 0 Å². The fourth-order valence-corrected chi connectivity index (χ4v) is 17.1. The Morgan fingerprint density at radius 3 is 0.670 bits per heavy atom. The van der Waals surface area contributed by atoms with Gasteiger partial charge in [0.25, 0.3) is 0 Å². The minimum absolute atomic E-state index is 0.889. The van der Waals surface area contributed by atoms with Crippen molar-refractivity contribution in [3.63, 3.8) is 0 Å². The first kappa shape index (κ1) is 65.3. The second-order valence-corrected chi connectivity index (χ2v) is 28.5. The van der Waals surface area contributed by atoms with Crippen molar-refractivity contribution in [2.24, 2.45) is 0 Å². The molecule has 22 rings (SSSR count). The van der Waals surface area contributed by atoms with E-state index in [-0.39, 0.29) is 0 Å². The molecule has 0 aliphatic rings. The van der Waals surface area contributed by atoms with Gasteiger partial charge in [0.15, 0.2) is 0 Å². The number of rotatable bonds is 13. The Bertz CT molecular complexity index is 6980. The molecule has 0 saturated heterocycles. The average Bonchev–Trinajstić information content (AvgIpc) is 1.23. The largest absolute Gasteiger partial charge is 0.455 e. The molecular formula is C106H69N3O3. The summed E-state index contributed by atoms with van der Waals surface area (Å²) in [7, 11) is 0. The van der Waals surface area contributed by atoms with Crippen LogP contribution < -0.4 is 14.7 Å². The van der Waals surface area contributed by atoms with Gasteiger partial charge in [0.05, 0.1) is 17.1 Å². The lowest BCUT2D eigenvalue weighted by Crippen LogP contribution is -2.14. The molecule has 0 radical (unpaired) electrons. The lowest BCUT2D eigenvalue weighted by atomic mass is 9.90. The zero-order valence-electron chi connectivity index (χ0n) is 60.9. The standard InChI is InChI=1S/C62H40N2O2.C44H29NO/c1-3-21-43(22-4-1)63(45-25-15-19-41(39-45)47-33-17-35-55-49-27-11-13-37-57(49)65-61(47)55)59-51-29-7-9-31-53(51)60(54-32-10-8-30-52(54)59)64(44-23-5-2-6-24-44)46-26-16-20-42(40-46)48-34-18-36-56-50-28-12-14-38-58(50)66-62(48)56;1-3-15-30(16-4-1)42-36-22-7-9-24-38(36)43(39-25-10-8-23-37(39)42)45(32-18-5-2-6-19-32)33-20-13-17-31(29-33)34-26-14-27-40-35-21-11-12-28-41(35)46-44(34)40/h1-40H;1-29H. The van der Waals surface area contributed by atoms with Crippen LogP contribution in [-0.4, -0.2) is 0 Å². The third-order valence-corrected chi connectivity index (χ3v) is 22.0. The highest BCUT2D eigenvalue weighted by Gasteiger charge is 2.28. The van der Waals surface area contributed by atoms with Crippen LogP contribution in [0.3, 0.4) is 0 Å². The third kappa shape index (κ3) is 11.2. The molecule has 3 heterocycles. The first-order valence-corrected chi connectivity index (χ1v) is 38.1. The zero-order valence-corrected chi connectivity index (χ0v) is 60.9. The molecule has 0 N–H and O–H groups in total. The van der Waals surface area contributed by atoms with Crippen LogP contribution in [0.4, 0.5) is 51.2 Å². The van der Waals surface area contributed by atoms with Gasteiger partial charge in [0.1, 0.15) is 33.5 Å². The SMILES string of the molecule is c1ccc(-c2c3ccccc3c(N(c3ccccc3)c3cccc(-c4cccc5c4oc4ccccc45)c3)c3ccccc23)cc1.c1ccc(N(c2cccc(-c3cccc4c3oc3ccccc34)c2)c2c3ccccc3c(N(c3ccccc3)c3cccc(-c4cccc5c4oc4ccccc45)c3)c3ccccc23)cc1. The second-order valence-electron chi connectivity index (χ2n) is 28.5. The average molecular weight is 1430 g/mol. The molecule has 0 saturated carbocycles. The van der Waals surface area contributed by atoms with E-state index in [9.17, 15) is 0 Å². The quantitative estimate of drug-likeness (QED) is 0.0847. The summed E-state index contributed by atoms with van der Waals surface area (Å²) in [6, 6.07) is 149. The number of anilines is 9. The minimum atomic E-state index is 0.889. The van der Waals surface area contributed by atoms with Crippen molar-refractivity contribution in [3.05, 3.63) is 419 Å². The summed E-state index contributed by atoms with van der Waals surface area (Å²) >= 11 is 0. The van der Waals surface area contributed by atoms with E-state index >= 15 is 0 Å². The van der Waals surface area contributed by atoms with E-state index in [0.717, 1.165) is 172 Å². The van der Waals surface area contributed by atoms with Crippen LogP contribution in [-0.2, 0) is 0 Å². The molecule has 19 aromatic carbocycles. The molecule has 0 spiro atoms. The van der Waals surface area contributed by atoms with Crippen molar-refractivity contribution in [3.8, 4) is 44.5 Å². The Morgan fingerprint density at radius 2 is 0.366 bits per heavy atom. The van der Waals surface area contributed by atoms with Crippen molar-refractivity contribution in [2.75, 3.05) is 14.7 Å². The highest BCUT2D eigenvalue weighted by molar-refractivity contribution is 6.25. The topological polar surface area (TPSA) is 49.1 Å². The molecule has 0 amide bonds. The number of para-hydroxylation sites is 9. The van der Waals surface area contributed by atoms with Gasteiger partial charge in [0.2, 0.25) is 0 Å². The predicted octanol–water partition coefficient (Wildman–Crippen LogP) is 30.8. The molecular weight excluding hydrogens is 1360 g/mol. The summed E-state index contributed by atoms with van der Waals surface area (Å²) in [5, 5.41) is 16.1. The fourth-order valence-electron chi connectivity index (χ4n) is 17.1. The van der Waals surface area contributed by atoms with Crippen LogP contribution in [0.25, 0.3) is 153 Å². The smallest absolute Gasteiger partial charge is 0.143 e. The van der Waals surface area contributed by atoms with Crippen LogP contribution in [0.1, 0.15) is 0 Å². The summed E-state index contributed by atoms with van der Waals surface area (Å²) in [5.74, 6) is 0. The molecule has 0 bridgehead atoms. The molecule has 22 aromatic rings. The molecule has 526 valence electrons. The summed E-state index contributed by atoms with van der Waals surface area (Å²) < 4.78 is 19.6. The number of benzene rings is 19. The van der Waals surface area contributed by atoms with Gasteiger partial charge in [0, 0.05) is 115 Å². The number of nitrogens with zero attached hydrogens (tertiary/aromatic N) is 3. The summed E-state index contributed by atoms with van der Waals surface area (Å²) in [4.78, 5) is 7.28. The van der Waals surface area contributed by atoms with Crippen LogP contribution in [0, 0.1) is 0 Å². The van der Waals surface area contributed by atoms with E-state index in [1.807, 2.05) is 36.4 Å². The highest BCUT2D eigenvalue weighted by Crippen LogP contribution is 2.54. The maximum atomic E-state index is 6.57. The zero-order chi connectivity index (χ0) is 74.0.